The number of rotatable bonds is 4. The van der Waals surface area contributed by atoms with E-state index in [0.29, 0.717) is 17.6 Å². The maximum atomic E-state index is 5.12. The van der Waals surface area contributed by atoms with E-state index in [0.717, 1.165) is 60.6 Å². The monoisotopic (exact) mass is 564 g/mol. The van der Waals surface area contributed by atoms with Crippen LogP contribution in [-0.4, -0.2) is 29.1 Å². The first-order valence-electron chi connectivity index (χ1n) is 14.6. The van der Waals surface area contributed by atoms with Crippen molar-refractivity contribution in [3.63, 3.8) is 0 Å². The Morgan fingerprint density at radius 1 is 0.432 bits per heavy atom. The Bertz CT molecular complexity index is 2420. The van der Waals surface area contributed by atoms with Crippen LogP contribution in [0.5, 0.6) is 0 Å². The molecule has 0 aliphatic heterocycles. The van der Waals surface area contributed by atoms with Crippen LogP contribution >= 0.6 is 0 Å². The zero-order valence-electron chi connectivity index (χ0n) is 23.5. The number of aromatic nitrogens is 6. The van der Waals surface area contributed by atoms with Gasteiger partial charge in [0.15, 0.2) is 11.6 Å². The molecule has 9 rings (SSSR count). The average molecular weight is 565 g/mol. The van der Waals surface area contributed by atoms with E-state index in [1.807, 2.05) is 72.9 Å². The number of para-hydroxylation sites is 2. The second-order valence-corrected chi connectivity index (χ2v) is 10.8. The highest BCUT2D eigenvalue weighted by Gasteiger charge is 2.23. The minimum atomic E-state index is 0.528. The molecule has 0 unspecified atom stereocenters. The molecule has 0 atom stereocenters. The first kappa shape index (κ1) is 24.5. The van der Waals surface area contributed by atoms with Crippen LogP contribution in [0, 0.1) is 0 Å². The fourth-order valence-corrected chi connectivity index (χ4v) is 6.33. The lowest BCUT2D eigenvalue weighted by atomic mass is 10.1. The highest BCUT2D eigenvalue weighted by atomic mass is 15.2. The molecule has 0 radical (unpaired) electrons. The van der Waals surface area contributed by atoms with Crippen molar-refractivity contribution in [1.29, 1.82) is 0 Å². The van der Waals surface area contributed by atoms with Crippen molar-refractivity contribution in [2.75, 3.05) is 0 Å². The summed E-state index contributed by atoms with van der Waals surface area (Å²) in [6, 6.07) is 47.8. The molecule has 6 heteroatoms. The van der Waals surface area contributed by atoms with Crippen molar-refractivity contribution >= 4 is 43.7 Å². The Morgan fingerprint density at radius 2 is 1.05 bits per heavy atom. The standard InChI is InChI=1S/C38H24N6/c1-4-13-25(14-5-1)35-40-36(26-15-6-2-7-16-26)42-38(41-35)44-34-28(29-20-12-24-39-37(29)44)22-23-32-33(34)30-19-10-11-21-31(30)43(32)27-17-8-3-9-18-27/h1-24H. The number of fused-ring (bicyclic) bond motifs is 7. The van der Waals surface area contributed by atoms with Gasteiger partial charge in [0.1, 0.15) is 5.65 Å². The summed E-state index contributed by atoms with van der Waals surface area (Å²) in [5.41, 5.74) is 7.02. The summed E-state index contributed by atoms with van der Waals surface area (Å²) >= 11 is 0. The molecule has 0 N–H and O–H groups in total. The highest BCUT2D eigenvalue weighted by Crippen LogP contribution is 2.41. The van der Waals surface area contributed by atoms with Gasteiger partial charge < -0.3 is 4.57 Å². The van der Waals surface area contributed by atoms with Crippen LogP contribution in [0.25, 0.3) is 78.2 Å². The molecule has 0 bridgehead atoms. The summed E-state index contributed by atoms with van der Waals surface area (Å²) in [5, 5.41) is 4.42. The normalized spacial score (nSPS) is 11.6. The molecule has 9 aromatic rings. The largest absolute Gasteiger partial charge is 0.309 e. The molecule has 0 aliphatic rings. The molecule has 0 fully saturated rings. The lowest BCUT2D eigenvalue weighted by Crippen LogP contribution is -2.07. The van der Waals surface area contributed by atoms with Crippen molar-refractivity contribution in [3.05, 3.63) is 146 Å². The quantitative estimate of drug-likeness (QED) is 0.214. The average Bonchev–Trinajstić information content (AvgIpc) is 3.62. The van der Waals surface area contributed by atoms with Gasteiger partial charge in [-0.15, -0.1) is 0 Å². The number of hydrogen-bond donors (Lipinski definition) is 0. The molecule has 0 aliphatic carbocycles. The summed E-state index contributed by atoms with van der Waals surface area (Å²) in [4.78, 5) is 20.1. The minimum absolute atomic E-state index is 0.528. The van der Waals surface area contributed by atoms with E-state index in [-0.39, 0.29) is 0 Å². The zero-order valence-corrected chi connectivity index (χ0v) is 23.5. The molecule has 0 saturated carbocycles. The van der Waals surface area contributed by atoms with Crippen molar-refractivity contribution in [2.24, 2.45) is 0 Å². The minimum Gasteiger partial charge on any atom is -0.309 e. The van der Waals surface area contributed by atoms with Gasteiger partial charge in [-0.05, 0) is 42.5 Å². The van der Waals surface area contributed by atoms with E-state index < -0.39 is 0 Å². The van der Waals surface area contributed by atoms with Crippen LogP contribution in [0.1, 0.15) is 0 Å². The van der Waals surface area contributed by atoms with Crippen molar-refractivity contribution in [1.82, 2.24) is 29.1 Å². The molecular weight excluding hydrogens is 540 g/mol. The van der Waals surface area contributed by atoms with Crippen LogP contribution in [-0.2, 0) is 0 Å². The second-order valence-electron chi connectivity index (χ2n) is 10.8. The van der Waals surface area contributed by atoms with Gasteiger partial charge in [0.25, 0.3) is 0 Å². The van der Waals surface area contributed by atoms with E-state index in [4.69, 9.17) is 19.9 Å². The predicted molar refractivity (Wildman–Crippen MR) is 177 cm³/mol. The van der Waals surface area contributed by atoms with Gasteiger partial charge in [-0.3, -0.25) is 4.57 Å². The smallest absolute Gasteiger partial charge is 0.240 e. The molecule has 206 valence electrons. The Kier molecular flexibility index (Phi) is 5.40. The zero-order chi connectivity index (χ0) is 29.0. The van der Waals surface area contributed by atoms with E-state index in [2.05, 4.69) is 81.9 Å². The van der Waals surface area contributed by atoms with Crippen molar-refractivity contribution in [2.45, 2.75) is 0 Å². The van der Waals surface area contributed by atoms with Gasteiger partial charge in [0.2, 0.25) is 5.95 Å². The summed E-state index contributed by atoms with van der Waals surface area (Å²) in [7, 11) is 0. The van der Waals surface area contributed by atoms with Gasteiger partial charge in [0.05, 0.1) is 16.6 Å². The predicted octanol–water partition coefficient (Wildman–Crippen LogP) is 8.79. The number of pyridine rings is 1. The number of hydrogen-bond acceptors (Lipinski definition) is 4. The first-order chi connectivity index (χ1) is 21.8. The Hall–Kier alpha value is -6.14. The van der Waals surface area contributed by atoms with E-state index in [1.54, 1.807) is 0 Å². The topological polar surface area (TPSA) is 61.4 Å². The summed E-state index contributed by atoms with van der Waals surface area (Å²) < 4.78 is 4.45. The lowest BCUT2D eigenvalue weighted by molar-refractivity contribution is 0.946. The highest BCUT2D eigenvalue weighted by molar-refractivity contribution is 6.25. The SMILES string of the molecule is c1ccc(-c2nc(-c3ccccc3)nc(-n3c4ncccc4c4ccc5c(c6ccccc6n5-c5ccccc5)c43)n2)cc1. The van der Waals surface area contributed by atoms with Crippen LogP contribution < -0.4 is 0 Å². The molecular formula is C38H24N6. The molecule has 4 aromatic heterocycles. The third-order valence-corrected chi connectivity index (χ3v) is 8.23. The van der Waals surface area contributed by atoms with Crippen molar-refractivity contribution in [3.8, 4) is 34.4 Å². The fraction of sp³-hybridized carbons (Fsp3) is 0. The summed E-state index contributed by atoms with van der Waals surface area (Å²) in [6.07, 6.45) is 1.83. The Balaban J connectivity index is 1.46. The van der Waals surface area contributed by atoms with Gasteiger partial charge in [-0.1, -0.05) is 97.1 Å². The van der Waals surface area contributed by atoms with Crippen molar-refractivity contribution < 1.29 is 0 Å². The van der Waals surface area contributed by atoms with Gasteiger partial charge in [-0.2, -0.15) is 9.97 Å². The van der Waals surface area contributed by atoms with Gasteiger partial charge >= 0.3 is 0 Å². The van der Waals surface area contributed by atoms with Crippen LogP contribution in [0.3, 0.4) is 0 Å². The fourth-order valence-electron chi connectivity index (χ4n) is 6.33. The van der Waals surface area contributed by atoms with Crippen LogP contribution in [0.15, 0.2) is 146 Å². The first-order valence-corrected chi connectivity index (χ1v) is 14.6. The molecule has 0 spiro atoms. The summed E-state index contributed by atoms with van der Waals surface area (Å²) in [5.74, 6) is 1.75. The number of nitrogens with zero attached hydrogens (tertiary/aromatic N) is 6. The van der Waals surface area contributed by atoms with Gasteiger partial charge in [0, 0.05) is 44.6 Å². The molecule has 0 saturated heterocycles. The second kappa shape index (κ2) is 9.71. The maximum Gasteiger partial charge on any atom is 0.240 e. The van der Waals surface area contributed by atoms with E-state index in [1.165, 1.54) is 0 Å². The summed E-state index contributed by atoms with van der Waals surface area (Å²) in [6.45, 7) is 0. The van der Waals surface area contributed by atoms with E-state index >= 15 is 0 Å². The molecule has 0 amide bonds. The Morgan fingerprint density at radius 3 is 1.75 bits per heavy atom. The molecule has 4 heterocycles. The van der Waals surface area contributed by atoms with Crippen LogP contribution in [0.4, 0.5) is 0 Å². The van der Waals surface area contributed by atoms with Gasteiger partial charge in [-0.25, -0.2) is 9.97 Å². The Labute approximate surface area is 252 Å². The van der Waals surface area contributed by atoms with E-state index in [9.17, 15) is 0 Å². The maximum absolute atomic E-state index is 5.12. The molecule has 6 nitrogen and oxygen atoms in total. The molecule has 44 heavy (non-hydrogen) atoms. The lowest BCUT2D eigenvalue weighted by Gasteiger charge is -2.11. The molecule has 5 aromatic carbocycles. The van der Waals surface area contributed by atoms with Crippen LogP contribution in [0.2, 0.25) is 0 Å². The number of benzene rings is 5. The third-order valence-electron chi connectivity index (χ3n) is 8.23. The third kappa shape index (κ3) is 3.68.